The minimum absolute atomic E-state index is 0.0384. The van der Waals surface area contributed by atoms with E-state index in [2.05, 4.69) is 10.3 Å². The van der Waals surface area contributed by atoms with Crippen LogP contribution in [0, 0.1) is 10.1 Å². The Morgan fingerprint density at radius 2 is 2.00 bits per heavy atom. The first kappa shape index (κ1) is 14.1. The van der Waals surface area contributed by atoms with Crippen LogP contribution in [-0.4, -0.2) is 32.0 Å². The molecule has 0 fully saturated rings. The molecule has 1 aromatic heterocycles. The largest absolute Gasteiger partial charge is 0.507 e. The summed E-state index contributed by atoms with van der Waals surface area (Å²) in [6, 6.07) is 4.54. The lowest BCUT2D eigenvalue weighted by atomic mass is 10.2. The molecule has 2 aromatic rings. The number of carbonyl (C=O) groups is 2. The molecule has 1 heterocycles. The van der Waals surface area contributed by atoms with Gasteiger partial charge in [0.05, 0.1) is 11.1 Å². The molecule has 0 bridgehead atoms. The summed E-state index contributed by atoms with van der Waals surface area (Å²) in [6.07, 6.45) is 1.07. The lowest BCUT2D eigenvalue weighted by Crippen LogP contribution is -2.12. The molecule has 0 saturated carbocycles. The summed E-state index contributed by atoms with van der Waals surface area (Å²) in [5.41, 5.74) is -0.448. The number of hydrogen-bond donors (Lipinski definition) is 4. The molecule has 0 aliphatic carbocycles. The van der Waals surface area contributed by atoms with E-state index < -0.39 is 22.5 Å². The minimum Gasteiger partial charge on any atom is -0.507 e. The Labute approximate surface area is 117 Å². The number of phenols is 1. The summed E-state index contributed by atoms with van der Waals surface area (Å²) < 4.78 is 0. The van der Waals surface area contributed by atoms with Crippen molar-refractivity contribution in [3.05, 3.63) is 51.8 Å². The van der Waals surface area contributed by atoms with Crippen molar-refractivity contribution in [2.45, 2.75) is 0 Å². The number of aromatic nitrogens is 1. The van der Waals surface area contributed by atoms with Gasteiger partial charge >= 0.3 is 5.97 Å². The highest BCUT2D eigenvalue weighted by atomic mass is 16.6. The Morgan fingerprint density at radius 1 is 1.29 bits per heavy atom. The van der Waals surface area contributed by atoms with Gasteiger partial charge in [-0.05, 0) is 12.1 Å². The molecule has 0 unspecified atom stereocenters. The maximum atomic E-state index is 11.8. The van der Waals surface area contributed by atoms with Gasteiger partial charge in [-0.3, -0.25) is 14.9 Å². The zero-order valence-corrected chi connectivity index (χ0v) is 10.4. The van der Waals surface area contributed by atoms with Gasteiger partial charge in [0.25, 0.3) is 11.6 Å². The quantitative estimate of drug-likeness (QED) is 0.497. The van der Waals surface area contributed by atoms with Crippen molar-refractivity contribution in [2.24, 2.45) is 0 Å². The van der Waals surface area contributed by atoms with Crippen LogP contribution in [0.4, 0.5) is 11.4 Å². The van der Waals surface area contributed by atoms with Gasteiger partial charge in [-0.15, -0.1) is 0 Å². The number of nitrogens with zero attached hydrogens (tertiary/aromatic N) is 1. The molecular weight excluding hydrogens is 282 g/mol. The van der Waals surface area contributed by atoms with Crippen LogP contribution in [0.2, 0.25) is 0 Å². The number of nitrogens with one attached hydrogen (secondary N) is 2. The highest BCUT2D eigenvalue weighted by molar-refractivity contribution is 6.04. The van der Waals surface area contributed by atoms with Crippen LogP contribution in [0.25, 0.3) is 0 Å². The third-order valence-corrected chi connectivity index (χ3v) is 2.61. The molecule has 1 aromatic carbocycles. The maximum absolute atomic E-state index is 11.8. The first-order valence-electron chi connectivity index (χ1n) is 5.59. The van der Waals surface area contributed by atoms with E-state index in [0.29, 0.717) is 0 Å². The monoisotopic (exact) mass is 291 g/mol. The molecule has 108 valence electrons. The highest BCUT2D eigenvalue weighted by Gasteiger charge is 2.16. The first-order valence-corrected chi connectivity index (χ1v) is 5.59. The molecule has 0 radical (unpaired) electrons. The fraction of sp³-hybridized carbons (Fsp3) is 0. The molecular formula is C12H9N3O6. The average molecular weight is 291 g/mol. The van der Waals surface area contributed by atoms with E-state index in [4.69, 9.17) is 5.11 Å². The van der Waals surface area contributed by atoms with Gasteiger partial charge in [0.1, 0.15) is 17.0 Å². The molecule has 4 N–H and O–H groups in total. The highest BCUT2D eigenvalue weighted by Crippen LogP contribution is 2.22. The molecule has 1 amide bonds. The standard InChI is InChI=1S/C12H9N3O6/c16-10-3-6(1-2-8(10)12(18)19)14-11(17)9-4-7(5-13-9)15(20)21/h1-5,13,16H,(H,14,17)(H,18,19). The molecule has 0 saturated heterocycles. The Bertz CT molecular complexity index is 736. The number of carboxylic acids is 1. The molecule has 0 aliphatic heterocycles. The number of aromatic hydroxyl groups is 1. The molecule has 9 nitrogen and oxygen atoms in total. The lowest BCUT2D eigenvalue weighted by molar-refractivity contribution is -0.384. The third kappa shape index (κ3) is 2.97. The molecule has 0 aliphatic rings. The normalized spacial score (nSPS) is 10.1. The number of rotatable bonds is 4. The van der Waals surface area contributed by atoms with Crippen molar-refractivity contribution in [3.63, 3.8) is 0 Å². The van der Waals surface area contributed by atoms with Gasteiger partial charge in [-0.1, -0.05) is 0 Å². The maximum Gasteiger partial charge on any atom is 0.339 e. The molecule has 2 rings (SSSR count). The number of aromatic carboxylic acids is 1. The Kier molecular flexibility index (Phi) is 3.57. The van der Waals surface area contributed by atoms with Gasteiger partial charge in [0, 0.05) is 17.8 Å². The van der Waals surface area contributed by atoms with Crippen LogP contribution in [0.1, 0.15) is 20.8 Å². The number of carbonyl (C=O) groups excluding carboxylic acids is 1. The van der Waals surface area contributed by atoms with Crippen LogP contribution in [-0.2, 0) is 0 Å². The second-order valence-electron chi connectivity index (χ2n) is 4.02. The van der Waals surface area contributed by atoms with Gasteiger partial charge in [0.2, 0.25) is 0 Å². The summed E-state index contributed by atoms with van der Waals surface area (Å²) >= 11 is 0. The van der Waals surface area contributed by atoms with Crippen LogP contribution in [0.5, 0.6) is 5.75 Å². The van der Waals surface area contributed by atoms with Crippen molar-refractivity contribution in [2.75, 3.05) is 5.32 Å². The minimum atomic E-state index is -1.30. The number of benzene rings is 1. The SMILES string of the molecule is O=C(Nc1ccc(C(=O)O)c(O)c1)c1cc([N+](=O)[O-])c[nH]1. The van der Waals surface area contributed by atoms with E-state index >= 15 is 0 Å². The summed E-state index contributed by atoms with van der Waals surface area (Å²) in [5, 5.41) is 31.1. The topological polar surface area (TPSA) is 146 Å². The van der Waals surface area contributed by atoms with Crippen molar-refractivity contribution < 1.29 is 24.7 Å². The Balaban J connectivity index is 2.17. The fourth-order valence-electron chi connectivity index (χ4n) is 1.61. The number of nitro groups is 1. The number of carboxylic acid groups (broad SMARTS) is 1. The van der Waals surface area contributed by atoms with E-state index in [9.17, 15) is 24.8 Å². The van der Waals surface area contributed by atoms with Crippen LogP contribution in [0.3, 0.4) is 0 Å². The molecule has 0 spiro atoms. The average Bonchev–Trinajstić information content (AvgIpc) is 2.88. The van der Waals surface area contributed by atoms with E-state index in [0.717, 1.165) is 24.4 Å². The van der Waals surface area contributed by atoms with Gasteiger partial charge < -0.3 is 20.5 Å². The summed E-state index contributed by atoms with van der Waals surface area (Å²) in [4.78, 5) is 34.8. The molecule has 9 heteroatoms. The predicted octanol–water partition coefficient (Wildman–Crippen LogP) is 1.58. The molecule has 21 heavy (non-hydrogen) atoms. The van der Waals surface area contributed by atoms with Crippen molar-refractivity contribution in [1.29, 1.82) is 0 Å². The number of amides is 1. The van der Waals surface area contributed by atoms with Crippen LogP contribution < -0.4 is 5.32 Å². The smallest absolute Gasteiger partial charge is 0.339 e. The van der Waals surface area contributed by atoms with Crippen LogP contribution >= 0.6 is 0 Å². The molecule has 0 atom stereocenters. The van der Waals surface area contributed by atoms with E-state index in [1.54, 1.807) is 0 Å². The second kappa shape index (κ2) is 5.33. The zero-order valence-electron chi connectivity index (χ0n) is 10.4. The Hall–Kier alpha value is -3.36. The Morgan fingerprint density at radius 3 is 2.52 bits per heavy atom. The number of aromatic amines is 1. The number of anilines is 1. The van der Waals surface area contributed by atoms with E-state index in [-0.39, 0.29) is 22.6 Å². The summed E-state index contributed by atoms with van der Waals surface area (Å²) in [5.74, 6) is -2.46. The fourth-order valence-corrected chi connectivity index (χ4v) is 1.61. The first-order chi connectivity index (χ1) is 9.88. The summed E-state index contributed by atoms with van der Waals surface area (Å²) in [6.45, 7) is 0. The third-order valence-electron chi connectivity index (χ3n) is 2.61. The van der Waals surface area contributed by atoms with Crippen LogP contribution in [0.15, 0.2) is 30.5 Å². The van der Waals surface area contributed by atoms with Crippen molar-refractivity contribution in [1.82, 2.24) is 4.98 Å². The van der Waals surface area contributed by atoms with E-state index in [1.807, 2.05) is 0 Å². The number of H-pyrrole nitrogens is 1. The predicted molar refractivity (Wildman–Crippen MR) is 70.5 cm³/mol. The lowest BCUT2D eigenvalue weighted by Gasteiger charge is -2.05. The van der Waals surface area contributed by atoms with Crippen molar-refractivity contribution in [3.8, 4) is 5.75 Å². The van der Waals surface area contributed by atoms with Gasteiger partial charge in [-0.2, -0.15) is 0 Å². The van der Waals surface area contributed by atoms with Crippen molar-refractivity contribution >= 4 is 23.3 Å². The zero-order chi connectivity index (χ0) is 15.6. The van der Waals surface area contributed by atoms with E-state index in [1.165, 1.54) is 6.07 Å². The summed E-state index contributed by atoms with van der Waals surface area (Å²) in [7, 11) is 0. The van der Waals surface area contributed by atoms with Gasteiger partial charge in [-0.25, -0.2) is 4.79 Å². The van der Waals surface area contributed by atoms with Gasteiger partial charge in [0.15, 0.2) is 0 Å². The second-order valence-corrected chi connectivity index (χ2v) is 4.02. The number of hydrogen-bond acceptors (Lipinski definition) is 5.